The van der Waals surface area contributed by atoms with Crippen LogP contribution in [0.25, 0.3) is 10.9 Å². The average molecular weight is 373 g/mol. The van der Waals surface area contributed by atoms with Gasteiger partial charge in [0.1, 0.15) is 12.4 Å². The number of fused-ring (bicyclic) bond motifs is 1. The standard InChI is InChI=1S/C20H28FN5O/c1-26(2)19(27)13-24-20(25-16-5-3-4-6-16)22-10-9-14-12-23-18-8-7-15(21)11-17(14)18/h7-8,11-12,16,23H,3-6,9-10,13H2,1-2H3,(H2,22,24,25). The molecular weight excluding hydrogens is 345 g/mol. The number of aliphatic imine (C=N–C) groups is 1. The van der Waals surface area contributed by atoms with E-state index < -0.39 is 0 Å². The molecule has 1 aliphatic rings. The number of carbonyl (C=O) groups excluding carboxylic acids is 1. The van der Waals surface area contributed by atoms with E-state index in [9.17, 15) is 9.18 Å². The highest BCUT2D eigenvalue weighted by atomic mass is 19.1. The highest BCUT2D eigenvalue weighted by molar-refractivity contribution is 5.85. The molecule has 27 heavy (non-hydrogen) atoms. The highest BCUT2D eigenvalue weighted by Crippen LogP contribution is 2.20. The molecule has 0 spiro atoms. The zero-order chi connectivity index (χ0) is 19.2. The van der Waals surface area contributed by atoms with Crippen molar-refractivity contribution in [1.29, 1.82) is 0 Å². The molecule has 0 saturated heterocycles. The molecule has 1 fully saturated rings. The lowest BCUT2D eigenvalue weighted by Gasteiger charge is -2.18. The van der Waals surface area contributed by atoms with Gasteiger partial charge in [-0.05, 0) is 43.0 Å². The monoisotopic (exact) mass is 373 g/mol. The van der Waals surface area contributed by atoms with Crippen molar-refractivity contribution in [2.75, 3.05) is 27.2 Å². The minimum Gasteiger partial charge on any atom is -0.361 e. The van der Waals surface area contributed by atoms with Gasteiger partial charge in [0.05, 0.1) is 0 Å². The number of guanidine groups is 1. The van der Waals surface area contributed by atoms with Gasteiger partial charge in [0, 0.05) is 43.8 Å². The number of carbonyl (C=O) groups is 1. The third-order valence-corrected chi connectivity index (χ3v) is 4.98. The Morgan fingerprint density at radius 2 is 2.11 bits per heavy atom. The van der Waals surface area contributed by atoms with Gasteiger partial charge in [-0.3, -0.25) is 4.79 Å². The van der Waals surface area contributed by atoms with Crippen molar-refractivity contribution in [1.82, 2.24) is 20.5 Å². The molecule has 0 bridgehead atoms. The van der Waals surface area contributed by atoms with E-state index in [1.807, 2.05) is 6.20 Å². The molecule has 1 heterocycles. The predicted octanol–water partition coefficient (Wildman–Crippen LogP) is 2.42. The topological polar surface area (TPSA) is 72.5 Å². The zero-order valence-corrected chi connectivity index (χ0v) is 16.0. The molecule has 1 aliphatic carbocycles. The number of H-pyrrole nitrogens is 1. The Balaban J connectivity index is 1.61. The molecule has 3 rings (SSSR count). The first-order valence-electron chi connectivity index (χ1n) is 9.53. The van der Waals surface area contributed by atoms with Crippen molar-refractivity contribution in [3.63, 3.8) is 0 Å². The van der Waals surface area contributed by atoms with E-state index in [0.717, 1.165) is 35.7 Å². The van der Waals surface area contributed by atoms with Crippen LogP contribution in [-0.2, 0) is 11.2 Å². The zero-order valence-electron chi connectivity index (χ0n) is 16.0. The largest absolute Gasteiger partial charge is 0.361 e. The lowest BCUT2D eigenvalue weighted by molar-refractivity contribution is -0.127. The van der Waals surface area contributed by atoms with Crippen molar-refractivity contribution < 1.29 is 9.18 Å². The van der Waals surface area contributed by atoms with Crippen LogP contribution in [0.2, 0.25) is 0 Å². The van der Waals surface area contributed by atoms with Crippen LogP contribution in [0.3, 0.4) is 0 Å². The van der Waals surface area contributed by atoms with Crippen LogP contribution in [0.4, 0.5) is 4.39 Å². The maximum Gasteiger partial charge on any atom is 0.243 e. The normalized spacial score (nSPS) is 15.3. The van der Waals surface area contributed by atoms with Gasteiger partial charge in [0.2, 0.25) is 5.91 Å². The van der Waals surface area contributed by atoms with Gasteiger partial charge in [-0.25, -0.2) is 9.38 Å². The summed E-state index contributed by atoms with van der Waals surface area (Å²) in [5.41, 5.74) is 1.99. The van der Waals surface area contributed by atoms with Crippen LogP contribution < -0.4 is 10.6 Å². The SMILES string of the molecule is CN(C)C(=O)CN=C(NCCc1c[nH]c2ccc(F)cc12)NC1CCCC1. The maximum atomic E-state index is 13.5. The molecule has 3 N–H and O–H groups in total. The maximum absolute atomic E-state index is 13.5. The number of hydrogen-bond acceptors (Lipinski definition) is 2. The van der Waals surface area contributed by atoms with Crippen LogP contribution in [0.15, 0.2) is 29.4 Å². The van der Waals surface area contributed by atoms with Crippen LogP contribution in [-0.4, -0.2) is 55.0 Å². The van der Waals surface area contributed by atoms with Gasteiger partial charge in [-0.2, -0.15) is 0 Å². The van der Waals surface area contributed by atoms with Gasteiger partial charge < -0.3 is 20.5 Å². The number of nitrogens with one attached hydrogen (secondary N) is 3. The van der Waals surface area contributed by atoms with Crippen LogP contribution >= 0.6 is 0 Å². The summed E-state index contributed by atoms with van der Waals surface area (Å²) in [5, 5.41) is 7.66. The first-order valence-corrected chi connectivity index (χ1v) is 9.53. The molecule has 1 saturated carbocycles. The van der Waals surface area contributed by atoms with Crippen LogP contribution in [0.1, 0.15) is 31.2 Å². The fourth-order valence-electron chi connectivity index (χ4n) is 3.38. The second-order valence-corrected chi connectivity index (χ2v) is 7.26. The number of rotatable bonds is 6. The third kappa shape index (κ3) is 5.21. The lowest BCUT2D eigenvalue weighted by Crippen LogP contribution is -2.43. The van der Waals surface area contributed by atoms with Gasteiger partial charge in [0.15, 0.2) is 5.96 Å². The van der Waals surface area contributed by atoms with E-state index >= 15 is 0 Å². The highest BCUT2D eigenvalue weighted by Gasteiger charge is 2.16. The molecule has 6 nitrogen and oxygen atoms in total. The second-order valence-electron chi connectivity index (χ2n) is 7.26. The minimum absolute atomic E-state index is 0.0328. The number of nitrogens with zero attached hydrogens (tertiary/aromatic N) is 2. The summed E-state index contributed by atoms with van der Waals surface area (Å²) in [7, 11) is 3.46. The summed E-state index contributed by atoms with van der Waals surface area (Å²) >= 11 is 0. The Bertz CT molecular complexity index is 808. The van der Waals surface area contributed by atoms with E-state index in [2.05, 4.69) is 20.6 Å². The van der Waals surface area contributed by atoms with Crippen molar-refractivity contribution in [3.05, 3.63) is 35.8 Å². The predicted molar refractivity (Wildman–Crippen MR) is 106 cm³/mol. The summed E-state index contributed by atoms with van der Waals surface area (Å²) in [4.78, 5) is 21.0. The number of halogens is 1. The smallest absolute Gasteiger partial charge is 0.243 e. The Kier molecular flexibility index (Phi) is 6.32. The van der Waals surface area contributed by atoms with Crippen molar-refractivity contribution in [2.24, 2.45) is 4.99 Å². The molecule has 1 aromatic heterocycles. The number of likely N-dealkylation sites (N-methyl/N-ethyl adjacent to an activating group) is 1. The summed E-state index contributed by atoms with van der Waals surface area (Å²) in [6, 6.07) is 5.18. The average Bonchev–Trinajstić information content (AvgIpc) is 3.29. The van der Waals surface area contributed by atoms with Gasteiger partial charge in [0.25, 0.3) is 0 Å². The summed E-state index contributed by atoms with van der Waals surface area (Å²) in [5.74, 6) is 0.404. The fraction of sp³-hybridized carbons (Fsp3) is 0.500. The second kappa shape index (κ2) is 8.88. The summed E-state index contributed by atoms with van der Waals surface area (Å²) in [6.45, 7) is 0.769. The number of benzene rings is 1. The number of amides is 1. The fourth-order valence-corrected chi connectivity index (χ4v) is 3.38. The molecule has 1 aromatic carbocycles. The van der Waals surface area contributed by atoms with Crippen LogP contribution in [0, 0.1) is 5.82 Å². The molecule has 0 radical (unpaired) electrons. The number of aromatic nitrogens is 1. The Morgan fingerprint density at radius 1 is 1.33 bits per heavy atom. The molecule has 2 aromatic rings. The summed E-state index contributed by atoms with van der Waals surface area (Å²) < 4.78 is 13.5. The lowest BCUT2D eigenvalue weighted by atomic mass is 10.1. The van der Waals surface area contributed by atoms with E-state index in [1.165, 1.54) is 23.8 Å². The molecule has 0 atom stereocenters. The first-order chi connectivity index (χ1) is 13.0. The Morgan fingerprint density at radius 3 is 2.85 bits per heavy atom. The molecular formula is C20H28FN5O. The Labute approximate surface area is 159 Å². The first kappa shape index (κ1) is 19.2. The van der Waals surface area contributed by atoms with E-state index in [0.29, 0.717) is 18.5 Å². The molecule has 7 heteroatoms. The minimum atomic E-state index is -0.233. The van der Waals surface area contributed by atoms with Gasteiger partial charge in [-0.15, -0.1) is 0 Å². The van der Waals surface area contributed by atoms with Gasteiger partial charge in [-0.1, -0.05) is 12.8 Å². The van der Waals surface area contributed by atoms with Crippen molar-refractivity contribution in [2.45, 2.75) is 38.1 Å². The van der Waals surface area contributed by atoms with E-state index in [-0.39, 0.29) is 18.3 Å². The van der Waals surface area contributed by atoms with Crippen molar-refractivity contribution >= 4 is 22.8 Å². The van der Waals surface area contributed by atoms with Crippen LogP contribution in [0.5, 0.6) is 0 Å². The molecule has 146 valence electrons. The van der Waals surface area contributed by atoms with Crippen molar-refractivity contribution in [3.8, 4) is 0 Å². The molecule has 0 unspecified atom stereocenters. The Hall–Kier alpha value is -2.57. The number of hydrogen-bond donors (Lipinski definition) is 3. The summed E-state index contributed by atoms with van der Waals surface area (Å²) in [6.07, 6.45) is 7.36. The third-order valence-electron chi connectivity index (χ3n) is 4.98. The molecule has 0 aliphatic heterocycles. The van der Waals surface area contributed by atoms with E-state index in [4.69, 9.17) is 0 Å². The molecule has 1 amide bonds. The number of aromatic amines is 1. The van der Waals surface area contributed by atoms with Gasteiger partial charge >= 0.3 is 0 Å². The van der Waals surface area contributed by atoms with E-state index in [1.54, 1.807) is 26.2 Å². The quantitative estimate of drug-likeness (QED) is 0.538.